The molecule has 3 amide bonds. The molecule has 33 heavy (non-hydrogen) atoms. The lowest BCUT2D eigenvalue weighted by Gasteiger charge is -2.38. The molecule has 2 fully saturated rings. The number of amides is 3. The van der Waals surface area contributed by atoms with Gasteiger partial charge in [-0.25, -0.2) is 0 Å². The van der Waals surface area contributed by atoms with Crippen LogP contribution in [-0.2, 0) is 28.3 Å². The summed E-state index contributed by atoms with van der Waals surface area (Å²) < 4.78 is 0. The molecule has 0 aromatic carbocycles. The number of nitrogens with zero attached hydrogens (tertiary/aromatic N) is 3. The Bertz CT molecular complexity index is 1180. The summed E-state index contributed by atoms with van der Waals surface area (Å²) in [7, 11) is 0. The lowest BCUT2D eigenvalue weighted by atomic mass is 9.87. The summed E-state index contributed by atoms with van der Waals surface area (Å²) in [6.45, 7) is 2.10. The van der Waals surface area contributed by atoms with E-state index >= 15 is 0 Å². The Kier molecular flexibility index (Phi) is 5.34. The third kappa shape index (κ3) is 4.07. The highest BCUT2D eigenvalue weighted by atomic mass is 16.3. The number of pyridine rings is 2. The van der Waals surface area contributed by atoms with Gasteiger partial charge in [0, 0.05) is 38.3 Å². The lowest BCUT2D eigenvalue weighted by Crippen LogP contribution is -2.52. The van der Waals surface area contributed by atoms with Gasteiger partial charge in [-0.1, -0.05) is 0 Å². The van der Waals surface area contributed by atoms with E-state index in [4.69, 9.17) is 0 Å². The Hall–Kier alpha value is -3.37. The number of rotatable bonds is 4. The van der Waals surface area contributed by atoms with Crippen LogP contribution in [0.15, 0.2) is 35.3 Å². The molecule has 3 aliphatic heterocycles. The summed E-state index contributed by atoms with van der Waals surface area (Å²) in [6, 6.07) is 6.12. The molecule has 3 N–H and O–H groups in total. The first-order valence-electron chi connectivity index (χ1n) is 11.1. The number of piperidine rings is 2. The number of aromatic nitrogens is 2. The maximum absolute atomic E-state index is 12.9. The molecule has 5 rings (SSSR count). The van der Waals surface area contributed by atoms with Crippen LogP contribution in [-0.4, -0.2) is 61.7 Å². The Morgan fingerprint density at radius 3 is 2.64 bits per heavy atom. The molecule has 2 aromatic heterocycles. The van der Waals surface area contributed by atoms with E-state index in [1.54, 1.807) is 24.4 Å². The maximum Gasteiger partial charge on any atom is 0.256 e. The summed E-state index contributed by atoms with van der Waals surface area (Å²) in [5, 5.41) is 13.6. The third-order valence-electron chi connectivity index (χ3n) is 6.78. The van der Waals surface area contributed by atoms with E-state index in [9.17, 15) is 24.3 Å². The molecule has 0 bridgehead atoms. The van der Waals surface area contributed by atoms with Crippen molar-refractivity contribution in [3.05, 3.63) is 63.3 Å². The summed E-state index contributed by atoms with van der Waals surface area (Å²) >= 11 is 0. The van der Waals surface area contributed by atoms with Crippen LogP contribution in [0.4, 0.5) is 0 Å². The van der Waals surface area contributed by atoms with Crippen LogP contribution in [0.1, 0.15) is 53.0 Å². The van der Waals surface area contributed by atoms with Gasteiger partial charge in [-0.15, -0.1) is 0 Å². The highest BCUT2D eigenvalue weighted by Gasteiger charge is 2.41. The summed E-state index contributed by atoms with van der Waals surface area (Å²) in [5.41, 5.74) is 1.18. The predicted molar refractivity (Wildman–Crippen MR) is 116 cm³/mol. The van der Waals surface area contributed by atoms with Crippen LogP contribution >= 0.6 is 0 Å². The number of aromatic amines is 1. The number of carbonyl (C=O) groups is 3. The molecule has 172 valence electrons. The predicted octanol–water partition coefficient (Wildman–Crippen LogP) is 0.0145. The van der Waals surface area contributed by atoms with E-state index in [0.29, 0.717) is 55.8 Å². The second-order valence-electron chi connectivity index (χ2n) is 8.96. The molecule has 1 atom stereocenters. The van der Waals surface area contributed by atoms with Crippen LogP contribution in [0.3, 0.4) is 0 Å². The van der Waals surface area contributed by atoms with Crippen LogP contribution in [0, 0.1) is 0 Å². The molecule has 0 radical (unpaired) electrons. The van der Waals surface area contributed by atoms with E-state index in [0.717, 1.165) is 5.56 Å². The molecule has 2 saturated heterocycles. The first-order valence-corrected chi connectivity index (χ1v) is 11.1. The van der Waals surface area contributed by atoms with E-state index in [1.807, 2.05) is 6.07 Å². The number of carbonyl (C=O) groups excluding carboxylic acids is 3. The zero-order chi connectivity index (χ0) is 23.2. The van der Waals surface area contributed by atoms with Crippen LogP contribution in [0.5, 0.6) is 0 Å². The van der Waals surface area contributed by atoms with Gasteiger partial charge >= 0.3 is 0 Å². The van der Waals surface area contributed by atoms with Crippen molar-refractivity contribution in [1.82, 2.24) is 25.1 Å². The molecule has 0 aliphatic carbocycles. The molecule has 0 saturated carbocycles. The summed E-state index contributed by atoms with van der Waals surface area (Å²) in [4.78, 5) is 58.9. The summed E-state index contributed by atoms with van der Waals surface area (Å²) in [6.07, 6.45) is 3.08. The van der Waals surface area contributed by atoms with E-state index < -0.39 is 17.6 Å². The Morgan fingerprint density at radius 2 is 1.91 bits per heavy atom. The first-order chi connectivity index (χ1) is 15.8. The SMILES string of the molecule is O=C1CCC(N2Cc3nc(C4(O)CCN(Cc5cc[nH]c(=O)c5)CC4)ccc3C2=O)C(=O)N1. The van der Waals surface area contributed by atoms with Gasteiger partial charge < -0.3 is 15.0 Å². The zero-order valence-electron chi connectivity index (χ0n) is 18.0. The number of H-pyrrole nitrogens is 1. The van der Waals surface area contributed by atoms with E-state index in [-0.39, 0.29) is 30.3 Å². The fourth-order valence-corrected chi connectivity index (χ4v) is 4.88. The van der Waals surface area contributed by atoms with Crippen LogP contribution in [0.25, 0.3) is 0 Å². The Labute approximate surface area is 189 Å². The second kappa shape index (κ2) is 8.20. The first kappa shape index (κ1) is 21.5. The minimum absolute atomic E-state index is 0.135. The monoisotopic (exact) mass is 451 g/mol. The number of nitrogens with one attached hydrogen (secondary N) is 2. The van der Waals surface area contributed by atoms with Gasteiger partial charge in [-0.3, -0.25) is 34.4 Å². The van der Waals surface area contributed by atoms with Crippen LogP contribution in [0.2, 0.25) is 0 Å². The van der Waals surface area contributed by atoms with Gasteiger partial charge in [-0.05, 0) is 43.0 Å². The number of fused-ring (bicyclic) bond motifs is 1. The van der Waals surface area contributed by atoms with Gasteiger partial charge in [0.15, 0.2) is 0 Å². The zero-order valence-corrected chi connectivity index (χ0v) is 18.0. The minimum Gasteiger partial charge on any atom is -0.383 e. The average molecular weight is 451 g/mol. The molecule has 10 heteroatoms. The Balaban J connectivity index is 1.27. The van der Waals surface area contributed by atoms with Gasteiger partial charge in [0.1, 0.15) is 11.6 Å². The highest BCUT2D eigenvalue weighted by molar-refractivity contribution is 6.05. The van der Waals surface area contributed by atoms with Gasteiger partial charge in [-0.2, -0.15) is 0 Å². The number of imide groups is 1. The van der Waals surface area contributed by atoms with Crippen molar-refractivity contribution in [3.8, 4) is 0 Å². The van der Waals surface area contributed by atoms with Crippen molar-refractivity contribution in [2.75, 3.05) is 13.1 Å². The highest BCUT2D eigenvalue weighted by Crippen LogP contribution is 2.34. The maximum atomic E-state index is 12.9. The third-order valence-corrected chi connectivity index (χ3v) is 6.78. The fraction of sp³-hybridized carbons (Fsp3) is 0.435. The van der Waals surface area contributed by atoms with Crippen molar-refractivity contribution in [3.63, 3.8) is 0 Å². The summed E-state index contributed by atoms with van der Waals surface area (Å²) in [5.74, 6) is -1.06. The number of aliphatic hydroxyl groups is 1. The molecule has 0 spiro atoms. The fourth-order valence-electron chi connectivity index (χ4n) is 4.88. The number of likely N-dealkylation sites (tertiary alicyclic amines) is 1. The normalized spacial score (nSPS) is 22.9. The quantitative estimate of drug-likeness (QED) is 0.558. The molecule has 5 heterocycles. The second-order valence-corrected chi connectivity index (χ2v) is 8.96. The van der Waals surface area contributed by atoms with Crippen LogP contribution < -0.4 is 10.9 Å². The molecule has 3 aliphatic rings. The number of hydrogen-bond donors (Lipinski definition) is 3. The van der Waals surface area contributed by atoms with E-state index in [2.05, 4.69) is 20.2 Å². The van der Waals surface area contributed by atoms with Gasteiger partial charge in [0.25, 0.3) is 5.91 Å². The van der Waals surface area contributed by atoms with Crippen molar-refractivity contribution in [1.29, 1.82) is 0 Å². The molecular formula is C23H25N5O5. The molecule has 10 nitrogen and oxygen atoms in total. The van der Waals surface area contributed by atoms with Crippen molar-refractivity contribution < 1.29 is 19.5 Å². The number of hydrogen-bond acceptors (Lipinski definition) is 7. The topological polar surface area (TPSA) is 136 Å². The Morgan fingerprint density at radius 1 is 1.12 bits per heavy atom. The lowest BCUT2D eigenvalue weighted by molar-refractivity contribution is -0.136. The smallest absolute Gasteiger partial charge is 0.256 e. The minimum atomic E-state index is -1.11. The van der Waals surface area contributed by atoms with Crippen molar-refractivity contribution in [2.45, 2.75) is 50.4 Å². The molecule has 1 unspecified atom stereocenters. The molecular weight excluding hydrogens is 426 g/mol. The van der Waals surface area contributed by atoms with Gasteiger partial charge in [0.2, 0.25) is 17.4 Å². The van der Waals surface area contributed by atoms with Gasteiger partial charge in [0.05, 0.1) is 23.5 Å². The van der Waals surface area contributed by atoms with E-state index in [1.165, 1.54) is 4.90 Å². The van der Waals surface area contributed by atoms with Crippen molar-refractivity contribution >= 4 is 17.7 Å². The average Bonchev–Trinajstić information content (AvgIpc) is 3.11. The molecule has 2 aromatic rings. The van der Waals surface area contributed by atoms with Crippen molar-refractivity contribution in [2.24, 2.45) is 0 Å². The largest absolute Gasteiger partial charge is 0.383 e. The standard InChI is InChI=1S/C23H25N5O5/c29-19-4-2-17(21(31)26-19)28-13-16-15(22(28)32)1-3-18(25-16)23(33)6-9-27(10-7-23)12-14-5-8-24-20(30)11-14/h1,3,5,8,11,17,33H,2,4,6-7,9-10,12-13H2,(H,24,30)(H,26,29,31).